The molecule has 0 spiro atoms. The molecule has 0 unspecified atom stereocenters. The maximum Gasteiger partial charge on any atom is 0.213 e. The Morgan fingerprint density at radius 1 is 0.291 bits per heavy atom. The molecule has 6 aliphatic heterocycles. The molecule has 6 fully saturated rings. The topological polar surface area (TPSA) is 403 Å². The first kappa shape index (κ1) is 91.3. The Kier molecular flexibility index (Phi) is 78.3. The number of hydrogen-bond acceptors (Lipinski definition) is 32. The second kappa shape index (κ2) is 88.3. The number of nitrogens with zero attached hydrogens (tertiary/aromatic N) is 16. The van der Waals surface area contributed by atoms with Crippen molar-refractivity contribution in [3.8, 4) is 0 Å². The van der Waals surface area contributed by atoms with E-state index in [0.29, 0.717) is 0 Å². The summed E-state index contributed by atoms with van der Waals surface area (Å²) in [5.74, 6) is 0. The first-order valence-electron chi connectivity index (χ1n) is 33.1. The summed E-state index contributed by atoms with van der Waals surface area (Å²) < 4.78 is 41.1. The second-order valence-electron chi connectivity index (χ2n) is 18.8. The zero-order chi connectivity index (χ0) is 72.8. The maximum atomic E-state index is 5.07. The first-order chi connectivity index (χ1) is 51.5. The highest BCUT2D eigenvalue weighted by atomic mass is 32.1. The summed E-state index contributed by atoms with van der Waals surface area (Å²) in [7, 11) is 0. The van der Waals surface area contributed by atoms with E-state index in [1.165, 1.54) is 146 Å². The molecule has 13 aromatic heterocycles. The molecule has 0 aromatic carbocycles. The lowest BCUT2D eigenvalue weighted by Gasteiger charge is -2.11. The van der Waals surface area contributed by atoms with Crippen LogP contribution in [0.2, 0.25) is 0 Å². The van der Waals surface area contributed by atoms with E-state index in [1.807, 2.05) is 64.0 Å². The van der Waals surface area contributed by atoms with Gasteiger partial charge in [-0.1, -0.05) is 40.1 Å². The van der Waals surface area contributed by atoms with Gasteiger partial charge >= 0.3 is 0 Å². The number of pyridine rings is 1. The highest BCUT2D eigenvalue weighted by Gasteiger charge is 1.97. The molecule has 19 rings (SSSR count). The maximum absolute atomic E-state index is 5.07. The summed E-state index contributed by atoms with van der Waals surface area (Å²) in [5.41, 5.74) is 1.79. The molecular formula is C68H102N24O8S3. The fraction of sp³-hybridized carbons (Fsp3) is 0.382. The molecule has 13 aromatic rings. The molecular weight excluding hydrogens is 1380 g/mol. The van der Waals surface area contributed by atoms with Gasteiger partial charge in [0.2, 0.25) is 6.39 Å². The molecule has 6 aliphatic rings. The minimum Gasteiger partial charge on any atom is -0.452 e. The van der Waals surface area contributed by atoms with Crippen molar-refractivity contribution in [2.45, 2.75) is 51.4 Å². The summed E-state index contributed by atoms with van der Waals surface area (Å²) in [5, 5.41) is 46.2. The minimum absolute atomic E-state index is 0.778. The zero-order valence-corrected chi connectivity index (χ0v) is 60.7. The van der Waals surface area contributed by atoms with Crippen LogP contribution in [0.3, 0.4) is 0 Å². The summed E-state index contributed by atoms with van der Waals surface area (Å²) in [6.07, 6.45) is 54.2. The van der Waals surface area contributed by atoms with Gasteiger partial charge in [0.1, 0.15) is 37.8 Å². The minimum atomic E-state index is 0.778. The number of aromatic amines is 3. The second-order valence-corrected chi connectivity index (χ2v) is 21.1. The third-order valence-corrected chi connectivity index (χ3v) is 12.6. The van der Waals surface area contributed by atoms with Crippen molar-refractivity contribution in [2.75, 3.05) is 118 Å². The molecule has 0 atom stereocenters. The van der Waals surface area contributed by atoms with Crippen LogP contribution in [0.1, 0.15) is 51.4 Å². The number of ether oxygens (including phenoxy) is 4. The Hall–Kier alpha value is -9.76. The molecule has 103 heavy (non-hydrogen) atoms. The van der Waals surface area contributed by atoms with E-state index >= 15 is 0 Å². The molecule has 0 aliphatic carbocycles. The van der Waals surface area contributed by atoms with Gasteiger partial charge in [0, 0.05) is 150 Å². The van der Waals surface area contributed by atoms with E-state index in [-0.39, 0.29) is 0 Å². The number of aromatic nitrogens is 19. The molecule has 0 radical (unpaired) electrons. The number of hydrogen-bond donors (Lipinski definition) is 8. The van der Waals surface area contributed by atoms with Crippen molar-refractivity contribution in [1.29, 1.82) is 0 Å². The van der Waals surface area contributed by atoms with Crippen molar-refractivity contribution in [2.24, 2.45) is 0 Å². The fourth-order valence-electron chi connectivity index (χ4n) is 6.33. The third kappa shape index (κ3) is 86.4. The van der Waals surface area contributed by atoms with E-state index in [0.717, 1.165) is 92.1 Å². The van der Waals surface area contributed by atoms with Crippen molar-refractivity contribution < 1.29 is 36.9 Å². The van der Waals surface area contributed by atoms with E-state index in [4.69, 9.17) is 18.9 Å². The van der Waals surface area contributed by atoms with Crippen LogP contribution < -0.4 is 26.6 Å². The molecule has 0 saturated carbocycles. The van der Waals surface area contributed by atoms with Gasteiger partial charge in [-0.3, -0.25) is 30.1 Å². The molecule has 35 heteroatoms. The van der Waals surface area contributed by atoms with Gasteiger partial charge in [-0.25, -0.2) is 34.3 Å². The highest BCUT2D eigenvalue weighted by molar-refractivity contribution is 7.07. The third-order valence-electron chi connectivity index (χ3n) is 10.9. The van der Waals surface area contributed by atoms with E-state index in [1.54, 1.807) is 158 Å². The van der Waals surface area contributed by atoms with Crippen LogP contribution in [-0.2, 0) is 18.9 Å². The van der Waals surface area contributed by atoms with Gasteiger partial charge in [-0.2, -0.15) is 21.5 Å². The van der Waals surface area contributed by atoms with E-state index < -0.39 is 0 Å². The van der Waals surface area contributed by atoms with Crippen LogP contribution in [0.25, 0.3) is 0 Å². The van der Waals surface area contributed by atoms with E-state index in [2.05, 4.69) is 140 Å². The van der Waals surface area contributed by atoms with Crippen molar-refractivity contribution in [1.82, 2.24) is 122 Å². The number of morpholine rings is 1. The molecule has 6 saturated heterocycles. The monoisotopic (exact) mass is 1480 g/mol. The first-order valence-corrected chi connectivity index (χ1v) is 35.8. The normalized spacial score (nSPS) is 13.4. The molecule has 8 N–H and O–H groups in total. The van der Waals surface area contributed by atoms with Crippen molar-refractivity contribution >= 4 is 34.2 Å². The van der Waals surface area contributed by atoms with Gasteiger partial charge in [0.15, 0.2) is 12.7 Å². The molecule has 19 heterocycles. The van der Waals surface area contributed by atoms with Crippen LogP contribution in [0.4, 0.5) is 0 Å². The van der Waals surface area contributed by atoms with Gasteiger partial charge in [0.05, 0.1) is 70.1 Å². The van der Waals surface area contributed by atoms with Crippen LogP contribution in [-0.4, -0.2) is 213 Å². The average molecular weight is 1480 g/mol. The largest absolute Gasteiger partial charge is 0.452 e. The Morgan fingerprint density at radius 3 is 1.07 bits per heavy atom. The Bertz CT molecular complexity index is 2200. The predicted octanol–water partition coefficient (Wildman–Crippen LogP) is 9.92. The molecule has 32 nitrogen and oxygen atoms in total. The van der Waals surface area contributed by atoms with Crippen LogP contribution >= 0.6 is 34.2 Å². The summed E-state index contributed by atoms with van der Waals surface area (Å²) in [4.78, 5) is 39.3. The lowest BCUT2D eigenvalue weighted by Crippen LogP contribution is -2.39. The van der Waals surface area contributed by atoms with E-state index in [9.17, 15) is 0 Å². The van der Waals surface area contributed by atoms with Crippen molar-refractivity contribution in [3.63, 3.8) is 0 Å². The van der Waals surface area contributed by atoms with Crippen molar-refractivity contribution in [3.05, 3.63) is 256 Å². The predicted molar refractivity (Wildman–Crippen MR) is 399 cm³/mol. The quantitative estimate of drug-likeness (QED) is 0.0699. The number of rotatable bonds is 0. The molecule has 0 bridgehead atoms. The summed E-state index contributed by atoms with van der Waals surface area (Å²) in [6.45, 7) is 18.5. The van der Waals surface area contributed by atoms with Gasteiger partial charge in [-0.05, 0) is 136 Å². The van der Waals surface area contributed by atoms with Crippen LogP contribution in [0, 0.1) is 0 Å². The highest BCUT2D eigenvalue weighted by Crippen LogP contribution is 2.02. The number of thiazole rings is 1. The number of H-pyrrole nitrogens is 3. The number of nitrogens with one attached hydrogen (secondary N) is 8. The zero-order valence-electron chi connectivity index (χ0n) is 58.3. The lowest BCUT2D eigenvalue weighted by atomic mass is 10.2. The van der Waals surface area contributed by atoms with Gasteiger partial charge in [0.25, 0.3) is 0 Å². The number of piperidine rings is 1. The molecule has 560 valence electrons. The Labute approximate surface area is 615 Å². The fourth-order valence-corrected chi connectivity index (χ4v) is 7.49. The van der Waals surface area contributed by atoms with Crippen LogP contribution in [0.5, 0.6) is 0 Å². The summed E-state index contributed by atoms with van der Waals surface area (Å²) in [6, 6.07) is 18.7. The van der Waals surface area contributed by atoms with Crippen LogP contribution in [0.15, 0.2) is 274 Å². The number of thiophene rings is 1. The van der Waals surface area contributed by atoms with Gasteiger partial charge < -0.3 is 68.5 Å². The number of oxazole rings is 1. The Morgan fingerprint density at radius 2 is 0.893 bits per heavy atom. The number of piperazine rings is 1. The Balaban J connectivity index is 0.000000544. The smallest absolute Gasteiger partial charge is 0.213 e. The van der Waals surface area contributed by atoms with Gasteiger partial charge in [-0.15, -0.1) is 11.3 Å². The average Bonchev–Trinajstić information content (AvgIpc) is 4.63. The lowest BCUT2D eigenvalue weighted by molar-refractivity contribution is -0.0334. The molecule has 0 amide bonds. The number of imidazole rings is 1. The standard InChI is InChI=1S/C5H11N.C5H5N.C5H10O.C4H10N2.2C4H4N2.C4H9NO.C4H9N.C4H8O2.C4H4S.2C3H4N2.3C3H3NO.2C3H3NS.C2H3N3.C2H2N2O/c3*1-2-4-6-5-3-1;2*1-2-6-4-3-5-1;1-2-5-4-6-3-1;1-3-6-4-2-5-1;1-2-4-5-3-1;1-2-6-4-3-5-1;1-2-4-5-3-1;1-2-5-3-4-1;1-2-4-5-3-1;1-2-5-3-4-1;2*1-2-4-5-3-1;1-2-5-3-4-1;1-2-4-5-3-1;2*1-3-2-5-4-1/h6H,1-5H2;1-5H;1-5H2;5-6H,1-4H2;2*1-4H;5H,1-4H2;5H,1-4H2;1-4H2;1-4H;2*1-3H,(H,4,5);5*1-3H;1-2H,(H,3,4,5);1-2H. The SMILES string of the molecule is C1CCNC1.C1CCNCC1.C1CCOCC1.C1CNCCN1.C1COCCN1.C1COCCO1.c1c[nH]cn1.c1ccncc1.c1ccsc1.c1cn[nH]c1.c1cnccn1.c1cncnc1.c1cnoc1.c1cnoc1.c1cnsc1.c1cocn1.c1cscn1.c1nc[nH]n1.c1ncon1. The summed E-state index contributed by atoms with van der Waals surface area (Å²) >= 11 is 4.78.